The summed E-state index contributed by atoms with van der Waals surface area (Å²) in [5, 5.41) is 9.37. The monoisotopic (exact) mass is 239 g/mol. The van der Waals surface area contributed by atoms with E-state index in [0.717, 1.165) is 5.56 Å². The van der Waals surface area contributed by atoms with Crippen molar-refractivity contribution in [2.45, 2.75) is 18.4 Å². The Hall–Kier alpha value is -1.06. The first kappa shape index (κ1) is 11.4. The van der Waals surface area contributed by atoms with Gasteiger partial charge in [0.05, 0.1) is 6.10 Å². The minimum atomic E-state index is -0.369. The standard InChI is InChI=1S/C12H14ClNO2/c13-7-9-1-3-10(4-2-9)12(16)14-6-5-11(15)8-14/h1-4,11,15H,5-8H2/t11-/m1/s1. The van der Waals surface area contributed by atoms with Crippen LogP contribution in [-0.2, 0) is 5.88 Å². The van der Waals surface area contributed by atoms with Crippen LogP contribution in [0, 0.1) is 0 Å². The lowest BCUT2D eigenvalue weighted by molar-refractivity contribution is 0.0765. The van der Waals surface area contributed by atoms with Crippen LogP contribution in [0.25, 0.3) is 0 Å². The molecule has 0 bridgehead atoms. The Labute approximate surface area is 99.6 Å². The quantitative estimate of drug-likeness (QED) is 0.797. The molecule has 4 heteroatoms. The highest BCUT2D eigenvalue weighted by Gasteiger charge is 2.25. The van der Waals surface area contributed by atoms with Crippen LogP contribution in [0.4, 0.5) is 0 Å². The Morgan fingerprint density at radius 3 is 2.62 bits per heavy atom. The number of aliphatic hydroxyl groups is 1. The van der Waals surface area contributed by atoms with Gasteiger partial charge in [-0.05, 0) is 24.1 Å². The molecule has 16 heavy (non-hydrogen) atoms. The molecule has 1 aliphatic heterocycles. The third kappa shape index (κ3) is 2.36. The van der Waals surface area contributed by atoms with E-state index in [1.807, 2.05) is 12.1 Å². The van der Waals surface area contributed by atoms with Gasteiger partial charge < -0.3 is 10.0 Å². The van der Waals surface area contributed by atoms with Gasteiger partial charge in [0.1, 0.15) is 0 Å². The van der Waals surface area contributed by atoms with Gasteiger partial charge in [0, 0.05) is 24.5 Å². The summed E-state index contributed by atoms with van der Waals surface area (Å²) in [4.78, 5) is 13.7. The van der Waals surface area contributed by atoms with Gasteiger partial charge in [-0.1, -0.05) is 12.1 Å². The fourth-order valence-electron chi connectivity index (χ4n) is 1.85. The van der Waals surface area contributed by atoms with Crippen molar-refractivity contribution in [2.24, 2.45) is 0 Å². The maximum Gasteiger partial charge on any atom is 0.253 e. The summed E-state index contributed by atoms with van der Waals surface area (Å²) in [6.07, 6.45) is 0.303. The molecular weight excluding hydrogens is 226 g/mol. The van der Waals surface area contributed by atoms with Gasteiger partial charge in [-0.25, -0.2) is 0 Å². The number of hydrogen-bond donors (Lipinski definition) is 1. The third-order valence-electron chi connectivity index (χ3n) is 2.81. The smallest absolute Gasteiger partial charge is 0.253 e. The number of carbonyl (C=O) groups is 1. The van der Waals surface area contributed by atoms with Crippen molar-refractivity contribution in [2.75, 3.05) is 13.1 Å². The summed E-state index contributed by atoms with van der Waals surface area (Å²) < 4.78 is 0. The molecule has 3 nitrogen and oxygen atoms in total. The minimum absolute atomic E-state index is 0.0160. The van der Waals surface area contributed by atoms with Crippen LogP contribution in [0.5, 0.6) is 0 Å². The van der Waals surface area contributed by atoms with Crippen LogP contribution in [0.1, 0.15) is 22.3 Å². The number of likely N-dealkylation sites (tertiary alicyclic amines) is 1. The number of aliphatic hydroxyl groups excluding tert-OH is 1. The van der Waals surface area contributed by atoms with Crippen LogP contribution in [-0.4, -0.2) is 35.1 Å². The lowest BCUT2D eigenvalue weighted by Crippen LogP contribution is -2.29. The topological polar surface area (TPSA) is 40.5 Å². The Morgan fingerprint density at radius 2 is 2.12 bits per heavy atom. The molecule has 0 aliphatic carbocycles. The largest absolute Gasteiger partial charge is 0.391 e. The van der Waals surface area contributed by atoms with E-state index in [0.29, 0.717) is 31.0 Å². The lowest BCUT2D eigenvalue weighted by Gasteiger charge is -2.15. The predicted octanol–water partition coefficient (Wildman–Crippen LogP) is 1.63. The van der Waals surface area contributed by atoms with E-state index in [1.54, 1.807) is 17.0 Å². The normalized spacial score (nSPS) is 20.1. The molecule has 1 atom stereocenters. The summed E-state index contributed by atoms with van der Waals surface area (Å²) in [7, 11) is 0. The second-order valence-corrected chi connectivity index (χ2v) is 4.29. The number of nitrogens with zero attached hydrogens (tertiary/aromatic N) is 1. The molecule has 2 rings (SSSR count). The average Bonchev–Trinajstić information content (AvgIpc) is 2.75. The number of β-amino-alcohol motifs (C(OH)–C–C–N with tert-alkyl or cyclic N) is 1. The Kier molecular flexibility index (Phi) is 3.46. The maximum atomic E-state index is 12.0. The van der Waals surface area contributed by atoms with E-state index in [9.17, 15) is 9.90 Å². The van der Waals surface area contributed by atoms with Crippen molar-refractivity contribution in [3.8, 4) is 0 Å². The second kappa shape index (κ2) is 4.85. The van der Waals surface area contributed by atoms with Crippen LogP contribution < -0.4 is 0 Å². The molecule has 0 aromatic heterocycles. The molecule has 0 spiro atoms. The lowest BCUT2D eigenvalue weighted by atomic mass is 10.1. The number of benzene rings is 1. The van der Waals surface area contributed by atoms with Crippen molar-refractivity contribution < 1.29 is 9.90 Å². The highest BCUT2D eigenvalue weighted by atomic mass is 35.5. The SMILES string of the molecule is O=C(c1ccc(CCl)cc1)N1CC[C@@H](O)C1. The van der Waals surface area contributed by atoms with Crippen LogP contribution in [0.3, 0.4) is 0 Å². The molecule has 86 valence electrons. The fraction of sp³-hybridized carbons (Fsp3) is 0.417. The molecule has 0 unspecified atom stereocenters. The molecule has 1 N–H and O–H groups in total. The highest BCUT2D eigenvalue weighted by Crippen LogP contribution is 2.14. The summed E-state index contributed by atoms with van der Waals surface area (Å²) >= 11 is 5.68. The summed E-state index contributed by atoms with van der Waals surface area (Å²) in [5.41, 5.74) is 1.66. The van der Waals surface area contributed by atoms with Crippen molar-refractivity contribution in [3.05, 3.63) is 35.4 Å². The number of halogens is 1. The molecule has 1 fully saturated rings. The molecule has 1 aromatic rings. The van der Waals surface area contributed by atoms with Crippen molar-refractivity contribution in [3.63, 3.8) is 0 Å². The van der Waals surface area contributed by atoms with Gasteiger partial charge in [0.2, 0.25) is 0 Å². The van der Waals surface area contributed by atoms with Crippen LogP contribution >= 0.6 is 11.6 Å². The predicted molar refractivity (Wildman–Crippen MR) is 62.5 cm³/mol. The minimum Gasteiger partial charge on any atom is -0.391 e. The first-order valence-electron chi connectivity index (χ1n) is 5.33. The Balaban J connectivity index is 2.08. The molecule has 1 aliphatic rings. The third-order valence-corrected chi connectivity index (χ3v) is 3.11. The first-order chi connectivity index (χ1) is 7.70. The maximum absolute atomic E-state index is 12.0. The van der Waals surface area contributed by atoms with E-state index in [-0.39, 0.29) is 12.0 Å². The zero-order valence-corrected chi connectivity index (χ0v) is 9.65. The number of amides is 1. The summed E-state index contributed by atoms with van der Waals surface area (Å²) in [6, 6.07) is 7.27. The van der Waals surface area contributed by atoms with Gasteiger partial charge in [-0.15, -0.1) is 11.6 Å². The number of hydrogen-bond acceptors (Lipinski definition) is 2. The van der Waals surface area contributed by atoms with Gasteiger partial charge >= 0.3 is 0 Å². The Morgan fingerprint density at radius 1 is 1.44 bits per heavy atom. The van der Waals surface area contributed by atoms with E-state index in [2.05, 4.69) is 0 Å². The van der Waals surface area contributed by atoms with E-state index in [1.165, 1.54) is 0 Å². The molecule has 0 radical (unpaired) electrons. The van der Waals surface area contributed by atoms with Gasteiger partial charge in [0.25, 0.3) is 5.91 Å². The molecule has 1 heterocycles. The van der Waals surface area contributed by atoms with Gasteiger partial charge in [-0.3, -0.25) is 4.79 Å². The number of carbonyl (C=O) groups excluding carboxylic acids is 1. The van der Waals surface area contributed by atoms with Crippen molar-refractivity contribution >= 4 is 17.5 Å². The average molecular weight is 240 g/mol. The molecule has 1 saturated heterocycles. The van der Waals surface area contributed by atoms with Crippen LogP contribution in [0.2, 0.25) is 0 Å². The molecular formula is C12H14ClNO2. The molecule has 1 aromatic carbocycles. The van der Waals surface area contributed by atoms with E-state index < -0.39 is 0 Å². The zero-order chi connectivity index (χ0) is 11.5. The van der Waals surface area contributed by atoms with Gasteiger partial charge in [-0.2, -0.15) is 0 Å². The van der Waals surface area contributed by atoms with E-state index in [4.69, 9.17) is 11.6 Å². The number of rotatable bonds is 2. The molecule has 1 amide bonds. The van der Waals surface area contributed by atoms with Gasteiger partial charge in [0.15, 0.2) is 0 Å². The zero-order valence-electron chi connectivity index (χ0n) is 8.90. The summed E-state index contributed by atoms with van der Waals surface area (Å²) in [6.45, 7) is 1.08. The van der Waals surface area contributed by atoms with Crippen molar-refractivity contribution in [1.29, 1.82) is 0 Å². The van der Waals surface area contributed by atoms with Crippen molar-refractivity contribution in [1.82, 2.24) is 4.90 Å². The first-order valence-corrected chi connectivity index (χ1v) is 5.86. The Bertz CT molecular complexity index is 377. The van der Waals surface area contributed by atoms with E-state index >= 15 is 0 Å². The highest BCUT2D eigenvalue weighted by molar-refractivity contribution is 6.17. The fourth-order valence-corrected chi connectivity index (χ4v) is 2.02. The van der Waals surface area contributed by atoms with Crippen LogP contribution in [0.15, 0.2) is 24.3 Å². The molecule has 0 saturated carbocycles. The second-order valence-electron chi connectivity index (χ2n) is 4.02. The number of alkyl halides is 1. The summed E-state index contributed by atoms with van der Waals surface area (Å²) in [5.74, 6) is 0.439.